The van der Waals surface area contributed by atoms with Gasteiger partial charge in [0.25, 0.3) is 0 Å². The highest BCUT2D eigenvalue weighted by atomic mass is 16.5. The highest BCUT2D eigenvalue weighted by Gasteiger charge is 2.00. The van der Waals surface area contributed by atoms with Crippen molar-refractivity contribution in [3.8, 4) is 5.75 Å². The van der Waals surface area contributed by atoms with Crippen LogP contribution in [0.2, 0.25) is 0 Å². The van der Waals surface area contributed by atoms with E-state index >= 15 is 0 Å². The van der Waals surface area contributed by atoms with Gasteiger partial charge in [-0.2, -0.15) is 0 Å². The van der Waals surface area contributed by atoms with E-state index in [4.69, 9.17) is 4.74 Å². The van der Waals surface area contributed by atoms with Gasteiger partial charge < -0.3 is 9.30 Å². The monoisotopic (exact) mass is 215 g/mol. The standard InChI is InChI=1S/C14H17NO/c1-11(2)6-8-15-9-7-12-10-13(16-3)4-5-14(12)15/h4-7,9-10H,8H2,1-3H3. The van der Waals surface area contributed by atoms with Crippen LogP contribution in [0.4, 0.5) is 0 Å². The van der Waals surface area contributed by atoms with E-state index in [0.717, 1.165) is 12.3 Å². The summed E-state index contributed by atoms with van der Waals surface area (Å²) in [6.07, 6.45) is 4.34. The van der Waals surface area contributed by atoms with Gasteiger partial charge in [-0.1, -0.05) is 11.6 Å². The summed E-state index contributed by atoms with van der Waals surface area (Å²) in [6, 6.07) is 8.29. The van der Waals surface area contributed by atoms with Gasteiger partial charge in [0.1, 0.15) is 5.75 Å². The first-order chi connectivity index (χ1) is 7.70. The maximum Gasteiger partial charge on any atom is 0.119 e. The molecule has 0 spiro atoms. The fourth-order valence-electron chi connectivity index (χ4n) is 1.75. The number of hydrogen-bond acceptors (Lipinski definition) is 1. The Balaban J connectivity index is 2.38. The molecule has 0 saturated heterocycles. The fraction of sp³-hybridized carbons (Fsp3) is 0.286. The Hall–Kier alpha value is -1.70. The van der Waals surface area contributed by atoms with Crippen LogP contribution in [-0.2, 0) is 6.54 Å². The zero-order chi connectivity index (χ0) is 11.5. The average molecular weight is 215 g/mol. The van der Waals surface area contributed by atoms with Crippen LogP contribution in [0.15, 0.2) is 42.1 Å². The first kappa shape index (κ1) is 10.8. The lowest BCUT2D eigenvalue weighted by atomic mass is 10.2. The van der Waals surface area contributed by atoms with Crippen LogP contribution in [-0.4, -0.2) is 11.7 Å². The summed E-state index contributed by atoms with van der Waals surface area (Å²) < 4.78 is 7.45. The Bertz CT molecular complexity index is 519. The minimum absolute atomic E-state index is 0.910. The molecule has 0 fully saturated rings. The minimum Gasteiger partial charge on any atom is -0.497 e. The van der Waals surface area contributed by atoms with E-state index in [1.54, 1.807) is 7.11 Å². The number of allylic oxidation sites excluding steroid dienone is 2. The Morgan fingerprint density at radius 2 is 2.12 bits per heavy atom. The maximum absolute atomic E-state index is 5.21. The van der Waals surface area contributed by atoms with E-state index in [1.165, 1.54) is 16.5 Å². The molecule has 0 amide bonds. The molecule has 1 heterocycles. The van der Waals surface area contributed by atoms with Gasteiger partial charge >= 0.3 is 0 Å². The Morgan fingerprint density at radius 3 is 2.81 bits per heavy atom. The lowest BCUT2D eigenvalue weighted by Crippen LogP contribution is -1.93. The molecule has 1 aromatic carbocycles. The molecule has 0 bridgehead atoms. The highest BCUT2D eigenvalue weighted by Crippen LogP contribution is 2.21. The second kappa shape index (κ2) is 4.44. The molecule has 0 unspecified atom stereocenters. The molecular weight excluding hydrogens is 198 g/mol. The average Bonchev–Trinajstić information content (AvgIpc) is 2.68. The van der Waals surface area contributed by atoms with Crippen LogP contribution < -0.4 is 4.74 Å². The molecule has 0 atom stereocenters. The molecule has 2 rings (SSSR count). The minimum atomic E-state index is 0.910. The number of rotatable bonds is 3. The number of hydrogen-bond donors (Lipinski definition) is 0. The molecule has 0 aliphatic heterocycles. The van der Waals surface area contributed by atoms with Gasteiger partial charge in [0, 0.05) is 23.6 Å². The lowest BCUT2D eigenvalue weighted by molar-refractivity contribution is 0.415. The van der Waals surface area contributed by atoms with E-state index in [0.29, 0.717) is 0 Å². The molecule has 1 aromatic heterocycles. The van der Waals surface area contributed by atoms with Crippen LogP contribution in [0.5, 0.6) is 5.75 Å². The number of benzene rings is 1. The van der Waals surface area contributed by atoms with Crippen molar-refractivity contribution < 1.29 is 4.74 Å². The first-order valence-corrected chi connectivity index (χ1v) is 5.47. The number of nitrogens with zero attached hydrogens (tertiary/aromatic N) is 1. The van der Waals surface area contributed by atoms with E-state index in [1.807, 2.05) is 6.07 Å². The molecule has 2 heteroatoms. The van der Waals surface area contributed by atoms with Crippen LogP contribution >= 0.6 is 0 Å². The summed E-state index contributed by atoms with van der Waals surface area (Å²) in [5, 5.41) is 1.22. The molecule has 2 aromatic rings. The molecule has 84 valence electrons. The van der Waals surface area contributed by atoms with Crippen molar-refractivity contribution in [2.24, 2.45) is 0 Å². The van der Waals surface area contributed by atoms with Crippen molar-refractivity contribution in [2.75, 3.05) is 7.11 Å². The van der Waals surface area contributed by atoms with Gasteiger partial charge in [-0.25, -0.2) is 0 Å². The van der Waals surface area contributed by atoms with E-state index in [9.17, 15) is 0 Å². The lowest BCUT2D eigenvalue weighted by Gasteiger charge is -2.03. The molecular formula is C14H17NO. The van der Waals surface area contributed by atoms with Crippen molar-refractivity contribution in [1.82, 2.24) is 4.57 Å². The largest absolute Gasteiger partial charge is 0.497 e. The van der Waals surface area contributed by atoms with Gasteiger partial charge in [-0.15, -0.1) is 0 Å². The van der Waals surface area contributed by atoms with Crippen molar-refractivity contribution in [1.29, 1.82) is 0 Å². The second-order valence-corrected chi connectivity index (χ2v) is 4.17. The predicted molar refractivity (Wildman–Crippen MR) is 67.9 cm³/mol. The molecule has 0 N–H and O–H groups in total. The van der Waals surface area contributed by atoms with E-state index in [2.05, 4.69) is 48.9 Å². The fourth-order valence-corrected chi connectivity index (χ4v) is 1.75. The van der Waals surface area contributed by atoms with Gasteiger partial charge in [0.2, 0.25) is 0 Å². The van der Waals surface area contributed by atoms with Gasteiger partial charge in [-0.3, -0.25) is 0 Å². The molecule has 0 radical (unpaired) electrons. The number of methoxy groups -OCH3 is 1. The predicted octanol–water partition coefficient (Wildman–Crippen LogP) is 3.62. The molecule has 2 nitrogen and oxygen atoms in total. The third-order valence-electron chi connectivity index (χ3n) is 2.67. The zero-order valence-electron chi connectivity index (χ0n) is 10.0. The maximum atomic E-state index is 5.21. The number of aromatic nitrogens is 1. The third-order valence-corrected chi connectivity index (χ3v) is 2.67. The zero-order valence-corrected chi connectivity index (χ0v) is 10.0. The Labute approximate surface area is 96.1 Å². The first-order valence-electron chi connectivity index (χ1n) is 5.47. The van der Waals surface area contributed by atoms with Crippen molar-refractivity contribution >= 4 is 10.9 Å². The van der Waals surface area contributed by atoms with Crippen LogP contribution in [0.3, 0.4) is 0 Å². The summed E-state index contributed by atoms with van der Waals surface area (Å²) in [7, 11) is 1.70. The SMILES string of the molecule is COc1ccc2c(ccn2CC=C(C)C)c1. The molecule has 0 aliphatic rings. The normalized spacial score (nSPS) is 10.4. The molecule has 0 aliphatic carbocycles. The van der Waals surface area contributed by atoms with Crippen molar-refractivity contribution in [2.45, 2.75) is 20.4 Å². The smallest absolute Gasteiger partial charge is 0.119 e. The van der Waals surface area contributed by atoms with Crippen molar-refractivity contribution in [3.05, 3.63) is 42.1 Å². The number of fused-ring (bicyclic) bond motifs is 1. The van der Waals surface area contributed by atoms with Gasteiger partial charge in [0.05, 0.1) is 7.11 Å². The van der Waals surface area contributed by atoms with Crippen molar-refractivity contribution in [3.63, 3.8) is 0 Å². The quantitative estimate of drug-likeness (QED) is 0.713. The Morgan fingerprint density at radius 1 is 1.31 bits per heavy atom. The topological polar surface area (TPSA) is 14.2 Å². The van der Waals surface area contributed by atoms with Gasteiger partial charge in [-0.05, 0) is 38.1 Å². The van der Waals surface area contributed by atoms with Gasteiger partial charge in [0.15, 0.2) is 0 Å². The second-order valence-electron chi connectivity index (χ2n) is 4.17. The van der Waals surface area contributed by atoms with Crippen LogP contribution in [0, 0.1) is 0 Å². The highest BCUT2D eigenvalue weighted by molar-refractivity contribution is 5.81. The number of ether oxygens (including phenoxy) is 1. The van der Waals surface area contributed by atoms with E-state index in [-0.39, 0.29) is 0 Å². The molecule has 0 saturated carbocycles. The summed E-state index contributed by atoms with van der Waals surface area (Å²) in [5.41, 5.74) is 2.59. The Kier molecular flexibility index (Phi) is 3.00. The van der Waals surface area contributed by atoms with Crippen LogP contribution in [0.1, 0.15) is 13.8 Å². The summed E-state index contributed by atoms with van der Waals surface area (Å²) in [5.74, 6) is 0.910. The summed E-state index contributed by atoms with van der Waals surface area (Å²) in [4.78, 5) is 0. The third kappa shape index (κ3) is 2.11. The van der Waals surface area contributed by atoms with E-state index < -0.39 is 0 Å². The summed E-state index contributed by atoms with van der Waals surface area (Å²) >= 11 is 0. The van der Waals surface area contributed by atoms with Crippen LogP contribution in [0.25, 0.3) is 10.9 Å². The summed E-state index contributed by atoms with van der Waals surface area (Å²) in [6.45, 7) is 5.17. The molecule has 16 heavy (non-hydrogen) atoms.